The number of rotatable bonds is 2. The number of carbonyl (C=O) groups is 1. The summed E-state index contributed by atoms with van der Waals surface area (Å²) >= 11 is 2.37. The molecule has 1 aromatic heterocycles. The minimum Gasteiger partial charge on any atom is -0.300 e. The second-order valence-electron chi connectivity index (χ2n) is 4.51. The van der Waals surface area contributed by atoms with E-state index in [-0.39, 0.29) is 16.8 Å². The SMILES string of the molecule is O=C1NC(=Nc2ccccc2C(F)(F)F)/C(=C/c2cccs2)S1. The van der Waals surface area contributed by atoms with Crippen LogP contribution >= 0.6 is 23.1 Å². The van der Waals surface area contributed by atoms with Gasteiger partial charge in [0.2, 0.25) is 0 Å². The average Bonchev–Trinajstić information content (AvgIpc) is 3.09. The molecule has 2 heterocycles. The van der Waals surface area contributed by atoms with E-state index in [0.29, 0.717) is 4.91 Å². The molecule has 0 spiro atoms. The third-order valence-electron chi connectivity index (χ3n) is 2.91. The van der Waals surface area contributed by atoms with Gasteiger partial charge >= 0.3 is 6.18 Å². The van der Waals surface area contributed by atoms with Gasteiger partial charge in [0, 0.05) is 4.88 Å². The number of halogens is 3. The Hall–Kier alpha value is -2.06. The number of para-hydroxylation sites is 1. The minimum absolute atomic E-state index is 0.130. The Kier molecular flexibility index (Phi) is 4.27. The molecule has 0 bridgehead atoms. The van der Waals surface area contributed by atoms with E-state index in [4.69, 9.17) is 0 Å². The van der Waals surface area contributed by atoms with Crippen LogP contribution in [0.2, 0.25) is 0 Å². The van der Waals surface area contributed by atoms with Gasteiger partial charge < -0.3 is 5.32 Å². The highest BCUT2D eigenvalue weighted by atomic mass is 32.2. The predicted octanol–water partition coefficient (Wildman–Crippen LogP) is 5.29. The first kappa shape index (κ1) is 15.8. The Morgan fingerprint density at radius 1 is 1.13 bits per heavy atom. The van der Waals surface area contributed by atoms with Crippen LogP contribution in [0.3, 0.4) is 0 Å². The van der Waals surface area contributed by atoms with Crippen LogP contribution < -0.4 is 5.32 Å². The number of alkyl halides is 3. The number of nitrogens with one attached hydrogen (secondary N) is 1. The summed E-state index contributed by atoms with van der Waals surface area (Å²) in [4.78, 5) is 17.0. The van der Waals surface area contributed by atoms with Crippen molar-refractivity contribution in [2.75, 3.05) is 0 Å². The van der Waals surface area contributed by atoms with E-state index >= 15 is 0 Å². The van der Waals surface area contributed by atoms with Crippen LogP contribution in [-0.2, 0) is 6.18 Å². The zero-order chi connectivity index (χ0) is 16.4. The van der Waals surface area contributed by atoms with Crippen molar-refractivity contribution in [3.05, 3.63) is 57.1 Å². The molecule has 23 heavy (non-hydrogen) atoms. The molecule has 1 saturated heterocycles. The third kappa shape index (κ3) is 3.65. The fourth-order valence-electron chi connectivity index (χ4n) is 1.95. The number of benzene rings is 1. The molecule has 1 amide bonds. The largest absolute Gasteiger partial charge is 0.418 e. The van der Waals surface area contributed by atoms with Crippen molar-refractivity contribution >= 4 is 45.9 Å². The Morgan fingerprint density at radius 3 is 2.61 bits per heavy atom. The van der Waals surface area contributed by atoms with Gasteiger partial charge in [0.15, 0.2) is 0 Å². The predicted molar refractivity (Wildman–Crippen MR) is 87.0 cm³/mol. The van der Waals surface area contributed by atoms with Crippen LogP contribution in [-0.4, -0.2) is 11.1 Å². The van der Waals surface area contributed by atoms with Crippen LogP contribution in [0, 0.1) is 0 Å². The fourth-order valence-corrected chi connectivity index (χ4v) is 3.41. The quantitative estimate of drug-likeness (QED) is 0.796. The lowest BCUT2D eigenvalue weighted by atomic mass is 10.2. The first-order valence-corrected chi connectivity index (χ1v) is 8.12. The summed E-state index contributed by atoms with van der Waals surface area (Å²) < 4.78 is 39.1. The Bertz CT molecular complexity index is 795. The monoisotopic (exact) mass is 354 g/mol. The molecule has 1 fully saturated rings. The molecular formula is C15H9F3N2OS2. The number of hydrogen-bond donors (Lipinski definition) is 1. The number of nitrogens with zero attached hydrogens (tertiary/aromatic N) is 1. The molecule has 0 aliphatic carbocycles. The Balaban J connectivity index is 2.03. The third-order valence-corrected chi connectivity index (χ3v) is 4.55. The smallest absolute Gasteiger partial charge is 0.300 e. The zero-order valence-electron chi connectivity index (χ0n) is 11.4. The lowest BCUT2D eigenvalue weighted by Gasteiger charge is -2.09. The highest BCUT2D eigenvalue weighted by molar-refractivity contribution is 8.18. The number of thioether (sulfide) groups is 1. The zero-order valence-corrected chi connectivity index (χ0v) is 13.1. The number of hydrogen-bond acceptors (Lipinski definition) is 4. The summed E-state index contributed by atoms with van der Waals surface area (Å²) in [6, 6.07) is 8.71. The van der Waals surface area contributed by atoms with Crippen molar-refractivity contribution in [3.8, 4) is 0 Å². The molecule has 1 aromatic carbocycles. The number of aliphatic imine (C=N–C) groups is 1. The summed E-state index contributed by atoms with van der Waals surface area (Å²) in [5, 5.41) is 3.99. The molecule has 0 atom stereocenters. The van der Waals surface area contributed by atoms with E-state index in [1.54, 1.807) is 6.08 Å². The highest BCUT2D eigenvalue weighted by Crippen LogP contribution is 2.37. The van der Waals surface area contributed by atoms with E-state index in [9.17, 15) is 18.0 Å². The molecule has 0 unspecified atom stereocenters. The van der Waals surface area contributed by atoms with E-state index < -0.39 is 11.7 Å². The first-order valence-electron chi connectivity index (χ1n) is 6.43. The van der Waals surface area contributed by atoms with Crippen molar-refractivity contribution in [2.45, 2.75) is 6.18 Å². The van der Waals surface area contributed by atoms with Gasteiger partial charge in [0.25, 0.3) is 5.24 Å². The fraction of sp³-hybridized carbons (Fsp3) is 0.0667. The lowest BCUT2D eigenvalue weighted by Crippen LogP contribution is -2.19. The molecular weight excluding hydrogens is 345 g/mol. The van der Waals surface area contributed by atoms with Gasteiger partial charge in [0.05, 0.1) is 16.2 Å². The van der Waals surface area contributed by atoms with Crippen LogP contribution in [0.15, 0.2) is 51.7 Å². The molecule has 1 N–H and O–H groups in total. The maximum atomic E-state index is 13.0. The normalized spacial score (nSPS) is 18.7. The van der Waals surface area contributed by atoms with E-state index in [2.05, 4.69) is 10.3 Å². The summed E-state index contributed by atoms with van der Waals surface area (Å²) in [5.74, 6) is 0.130. The van der Waals surface area contributed by atoms with Gasteiger partial charge in [0.1, 0.15) is 5.84 Å². The molecule has 8 heteroatoms. The van der Waals surface area contributed by atoms with Crippen molar-refractivity contribution < 1.29 is 18.0 Å². The van der Waals surface area contributed by atoms with E-state index in [1.807, 2.05) is 17.5 Å². The maximum absolute atomic E-state index is 13.0. The van der Waals surface area contributed by atoms with Crippen LogP contribution in [0.25, 0.3) is 6.08 Å². The van der Waals surface area contributed by atoms with Crippen molar-refractivity contribution in [1.29, 1.82) is 0 Å². The summed E-state index contributed by atoms with van der Waals surface area (Å²) in [6.45, 7) is 0. The second-order valence-corrected chi connectivity index (χ2v) is 6.51. The average molecular weight is 354 g/mol. The number of amidine groups is 1. The van der Waals surface area contributed by atoms with Gasteiger partial charge in [-0.05, 0) is 41.4 Å². The van der Waals surface area contributed by atoms with Gasteiger partial charge in [-0.2, -0.15) is 13.2 Å². The van der Waals surface area contributed by atoms with Gasteiger partial charge in [-0.3, -0.25) is 4.79 Å². The van der Waals surface area contributed by atoms with Crippen LogP contribution in [0.5, 0.6) is 0 Å². The standard InChI is InChI=1S/C15H9F3N2OS2/c16-15(17,18)10-5-1-2-6-11(10)19-13-12(23-14(21)20-13)8-9-4-3-7-22-9/h1-8H,(H,19,20,21)/b12-8-. The molecule has 3 rings (SSSR count). The second kappa shape index (κ2) is 6.21. The maximum Gasteiger partial charge on any atom is 0.418 e. The topological polar surface area (TPSA) is 41.5 Å². The molecule has 2 aromatic rings. The molecule has 1 aliphatic rings. The number of amides is 1. The summed E-state index contributed by atoms with van der Waals surface area (Å²) in [7, 11) is 0. The van der Waals surface area contributed by atoms with Crippen molar-refractivity contribution in [2.24, 2.45) is 4.99 Å². The van der Waals surface area contributed by atoms with Crippen LogP contribution in [0.1, 0.15) is 10.4 Å². The molecule has 1 aliphatic heterocycles. The van der Waals surface area contributed by atoms with E-state index in [1.165, 1.54) is 29.5 Å². The van der Waals surface area contributed by atoms with Gasteiger partial charge in [-0.1, -0.05) is 18.2 Å². The Labute approximate surface area is 137 Å². The molecule has 0 saturated carbocycles. The Morgan fingerprint density at radius 2 is 1.91 bits per heavy atom. The molecule has 0 radical (unpaired) electrons. The first-order chi connectivity index (χ1) is 10.9. The van der Waals surface area contributed by atoms with Crippen molar-refractivity contribution in [1.82, 2.24) is 5.32 Å². The molecule has 118 valence electrons. The van der Waals surface area contributed by atoms with Gasteiger partial charge in [-0.25, -0.2) is 4.99 Å². The minimum atomic E-state index is -4.51. The summed E-state index contributed by atoms with van der Waals surface area (Å²) in [6.07, 6.45) is -2.78. The lowest BCUT2D eigenvalue weighted by molar-refractivity contribution is -0.137. The number of thiophene rings is 1. The highest BCUT2D eigenvalue weighted by Gasteiger charge is 2.34. The molecule has 3 nitrogen and oxygen atoms in total. The number of carbonyl (C=O) groups excluding carboxylic acids is 1. The van der Waals surface area contributed by atoms with Gasteiger partial charge in [-0.15, -0.1) is 11.3 Å². The van der Waals surface area contributed by atoms with Crippen LogP contribution in [0.4, 0.5) is 23.7 Å². The van der Waals surface area contributed by atoms with E-state index in [0.717, 1.165) is 22.7 Å². The van der Waals surface area contributed by atoms with Crippen molar-refractivity contribution in [3.63, 3.8) is 0 Å². The summed E-state index contributed by atoms with van der Waals surface area (Å²) in [5.41, 5.74) is -1.07.